The van der Waals surface area contributed by atoms with Crippen LogP contribution >= 0.6 is 11.8 Å². The van der Waals surface area contributed by atoms with Gasteiger partial charge in [0.15, 0.2) is 11.1 Å². The molecule has 1 rings (SSSR count). The Morgan fingerprint density at radius 3 is 2.20 bits per heavy atom. The van der Waals surface area contributed by atoms with Crippen molar-refractivity contribution in [3.8, 4) is 0 Å². The molecule has 0 saturated heterocycles. The van der Waals surface area contributed by atoms with Gasteiger partial charge in [0.25, 0.3) is 10.0 Å². The normalized spacial score (nSPS) is 12.9. The smallest absolute Gasteiger partial charge is 0.408 e. The monoisotopic (exact) mass is 626 g/mol. The van der Waals surface area contributed by atoms with Gasteiger partial charge in [-0.25, -0.2) is 33.0 Å². The summed E-state index contributed by atoms with van der Waals surface area (Å²) in [4.78, 5) is 30.2. The van der Waals surface area contributed by atoms with Crippen LogP contribution in [0.5, 0.6) is 0 Å². The zero-order valence-electron chi connectivity index (χ0n) is 20.3. The number of aromatic nitrogens is 2. The summed E-state index contributed by atoms with van der Waals surface area (Å²) in [5.74, 6) is -3.04. The van der Waals surface area contributed by atoms with Gasteiger partial charge in [0.05, 0.1) is 6.26 Å². The van der Waals surface area contributed by atoms with Crippen LogP contribution in [0.25, 0.3) is 0 Å². The highest BCUT2D eigenvalue weighted by molar-refractivity contribution is 7.99. The van der Waals surface area contributed by atoms with Gasteiger partial charge in [-0.15, -0.1) is 4.40 Å². The summed E-state index contributed by atoms with van der Waals surface area (Å²) in [6, 6.07) is 1.36. The Morgan fingerprint density at radius 1 is 1.10 bits per heavy atom. The van der Waals surface area contributed by atoms with E-state index in [9.17, 15) is 44.3 Å². The number of alkyl halides is 6. The number of rotatable bonds is 11. The quantitative estimate of drug-likeness (QED) is 0.0385. The van der Waals surface area contributed by atoms with E-state index in [-0.39, 0.29) is 17.5 Å². The molecule has 0 saturated carbocycles. The third-order valence-corrected chi connectivity index (χ3v) is 4.71. The molecular weight excluding hydrogens is 602 g/mol. The lowest BCUT2D eigenvalue weighted by atomic mass is 10.5. The molecular formula is C18H24F6N8O6S2. The van der Waals surface area contributed by atoms with Crippen LogP contribution in [0.3, 0.4) is 0 Å². The molecule has 0 fully saturated rings. The van der Waals surface area contributed by atoms with Gasteiger partial charge in [-0.05, 0) is 12.5 Å². The molecule has 1 aromatic rings. The Balaban J connectivity index is 0.00000165. The van der Waals surface area contributed by atoms with Crippen molar-refractivity contribution < 1.29 is 54.6 Å². The van der Waals surface area contributed by atoms with Crippen molar-refractivity contribution in [2.75, 3.05) is 37.0 Å². The summed E-state index contributed by atoms with van der Waals surface area (Å²) in [6.07, 6.45) is -5.51. The first-order valence-corrected chi connectivity index (χ1v) is 13.2. The number of carboxylic acids is 2. The topological polar surface area (TPSA) is 221 Å². The number of hydrogen-bond acceptors (Lipinski definition) is 8. The minimum Gasteiger partial charge on any atom is -0.478 e. The minimum atomic E-state index is -4.56. The van der Waals surface area contributed by atoms with E-state index in [1.54, 1.807) is 0 Å². The Morgan fingerprint density at radius 2 is 1.70 bits per heavy atom. The number of halogens is 6. The van der Waals surface area contributed by atoms with Gasteiger partial charge in [-0.2, -0.15) is 26.3 Å². The van der Waals surface area contributed by atoms with Crippen LogP contribution in [0.1, 0.15) is 6.42 Å². The molecule has 7 N–H and O–H groups in total. The number of nitrogens with zero attached hydrogens (tertiary/aromatic N) is 4. The molecule has 0 bridgehead atoms. The van der Waals surface area contributed by atoms with Gasteiger partial charge >= 0.3 is 24.3 Å². The van der Waals surface area contributed by atoms with Crippen LogP contribution in [-0.4, -0.2) is 96.5 Å². The van der Waals surface area contributed by atoms with Crippen LogP contribution in [0.4, 0.5) is 32.2 Å². The molecule has 1 aromatic heterocycles. The molecule has 0 aliphatic heterocycles. The van der Waals surface area contributed by atoms with Crippen molar-refractivity contribution in [2.45, 2.75) is 23.9 Å². The van der Waals surface area contributed by atoms with E-state index >= 15 is 0 Å². The zero-order valence-corrected chi connectivity index (χ0v) is 22.0. The number of nitrogens with one attached hydrogen (secondary N) is 3. The molecule has 1 heterocycles. The highest BCUT2D eigenvalue weighted by atomic mass is 32.2. The number of thioether (sulfide) groups is 1. The number of nitrogens with two attached hydrogens (primary N) is 1. The van der Waals surface area contributed by atoms with E-state index in [1.807, 2.05) is 5.32 Å². The van der Waals surface area contributed by atoms with Crippen LogP contribution in [0, 0.1) is 0 Å². The van der Waals surface area contributed by atoms with Crippen molar-refractivity contribution in [2.24, 2.45) is 15.1 Å². The summed E-state index contributed by atoms with van der Waals surface area (Å²) < 4.78 is 98.9. The van der Waals surface area contributed by atoms with Crippen molar-refractivity contribution in [3.05, 3.63) is 24.4 Å². The van der Waals surface area contributed by atoms with Crippen molar-refractivity contribution >= 4 is 51.5 Å². The summed E-state index contributed by atoms with van der Waals surface area (Å²) >= 11 is 1.14. The average Bonchev–Trinajstić information content (AvgIpc) is 2.78. The molecule has 0 atom stereocenters. The standard InChI is InChI=1S/C14H20F6N8O2S2.C4H4O4/c1-32(29,30)28-11(25-8-14(18,19)20)22-4-2-6-31-12-23-5-3-9(27-12)26-10(21)24-7-13(15,16)17;5-3(6)1-2-4(7)8/h3,5H,2,4,6-8H2,1H3,(H2,22,25,28)(H3,21,23,24,26,27);1-2H,(H,5,6)(H,7,8)/b;2-1-. The number of aliphatic imine (C=N–C) groups is 1. The molecule has 0 amide bonds. The predicted molar refractivity (Wildman–Crippen MR) is 132 cm³/mol. The van der Waals surface area contributed by atoms with Crippen LogP contribution in [0.15, 0.2) is 39.0 Å². The number of carbonyl (C=O) groups is 2. The number of aliphatic carboxylic acids is 2. The second-order valence-electron chi connectivity index (χ2n) is 6.95. The summed E-state index contributed by atoms with van der Waals surface area (Å²) in [7, 11) is -3.92. The molecule has 0 aliphatic rings. The maximum atomic E-state index is 12.3. The van der Waals surface area contributed by atoms with Crippen LogP contribution < -0.4 is 21.7 Å². The fourth-order valence-corrected chi connectivity index (χ4v) is 3.12. The zero-order chi connectivity index (χ0) is 31.0. The third-order valence-electron chi connectivity index (χ3n) is 3.24. The molecule has 0 aliphatic carbocycles. The molecule has 0 radical (unpaired) electrons. The number of guanidine groups is 2. The lowest BCUT2D eigenvalue weighted by Crippen LogP contribution is -2.43. The second kappa shape index (κ2) is 17.0. The minimum absolute atomic E-state index is 0.0845. The summed E-state index contributed by atoms with van der Waals surface area (Å²) in [6.45, 7) is -2.83. The first-order chi connectivity index (χ1) is 18.3. The van der Waals surface area contributed by atoms with E-state index in [0.29, 0.717) is 24.3 Å². The number of sulfonamides is 1. The Labute approximate surface area is 227 Å². The lowest BCUT2D eigenvalue weighted by molar-refractivity contribution is -0.134. The first kappa shape index (κ1) is 36.2. The Hall–Kier alpha value is -3.82. The highest BCUT2D eigenvalue weighted by Crippen LogP contribution is 2.16. The largest absolute Gasteiger partial charge is 0.478 e. The highest BCUT2D eigenvalue weighted by Gasteiger charge is 2.28. The number of carboxylic acid groups (broad SMARTS) is 2. The van der Waals surface area contributed by atoms with Crippen molar-refractivity contribution in [1.82, 2.24) is 20.6 Å². The van der Waals surface area contributed by atoms with E-state index in [2.05, 4.69) is 30.0 Å². The van der Waals surface area contributed by atoms with Gasteiger partial charge in [-0.3, -0.25) is 0 Å². The predicted octanol–water partition coefficient (Wildman–Crippen LogP) is 1.02. The molecule has 0 aromatic carbocycles. The molecule has 226 valence electrons. The van der Waals surface area contributed by atoms with Crippen LogP contribution in [-0.2, 0) is 19.6 Å². The Bertz CT molecular complexity index is 1160. The maximum absolute atomic E-state index is 12.3. The SMILES string of the molecule is CS(=O)(=O)/N=C(\NCCCSc1nccc(N/C(N)=N\CC(F)(F)F)n1)NCC(F)(F)F.O=C(O)/C=C\C(=O)O. The van der Waals surface area contributed by atoms with Gasteiger partial charge in [0, 0.05) is 30.6 Å². The van der Waals surface area contributed by atoms with Gasteiger partial charge in [0.1, 0.15) is 18.9 Å². The molecule has 14 nitrogen and oxygen atoms in total. The van der Waals surface area contributed by atoms with Crippen LogP contribution in [0.2, 0.25) is 0 Å². The Kier molecular flexibility index (Phi) is 15.4. The van der Waals surface area contributed by atoms with Crippen molar-refractivity contribution in [1.29, 1.82) is 0 Å². The van der Waals surface area contributed by atoms with E-state index in [0.717, 1.165) is 18.0 Å². The number of hydrogen-bond donors (Lipinski definition) is 6. The fraction of sp³-hybridized carbons (Fsp3) is 0.444. The lowest BCUT2D eigenvalue weighted by Gasteiger charge is -2.13. The summed E-state index contributed by atoms with van der Waals surface area (Å²) in [5, 5.41) is 22.6. The average molecular weight is 627 g/mol. The van der Waals surface area contributed by atoms with Gasteiger partial charge < -0.3 is 31.9 Å². The third kappa shape index (κ3) is 23.3. The van der Waals surface area contributed by atoms with E-state index < -0.39 is 59.3 Å². The van der Waals surface area contributed by atoms with Crippen molar-refractivity contribution in [3.63, 3.8) is 0 Å². The molecule has 22 heteroatoms. The summed E-state index contributed by atoms with van der Waals surface area (Å²) in [5.41, 5.74) is 5.36. The van der Waals surface area contributed by atoms with Gasteiger partial charge in [0.2, 0.25) is 5.96 Å². The van der Waals surface area contributed by atoms with E-state index in [1.165, 1.54) is 12.3 Å². The maximum Gasteiger partial charge on any atom is 0.408 e. The molecule has 40 heavy (non-hydrogen) atoms. The molecule has 0 spiro atoms. The molecule has 0 unspecified atom stereocenters. The number of anilines is 1. The second-order valence-corrected chi connectivity index (χ2v) is 9.66. The van der Waals surface area contributed by atoms with E-state index in [4.69, 9.17) is 15.9 Å². The fourth-order valence-electron chi connectivity index (χ4n) is 1.89. The van der Waals surface area contributed by atoms with Gasteiger partial charge in [-0.1, -0.05) is 11.8 Å². The first-order valence-electron chi connectivity index (χ1n) is 10.3.